The zero-order valence-electron chi connectivity index (χ0n) is 13.9. The van der Waals surface area contributed by atoms with Gasteiger partial charge < -0.3 is 11.1 Å². The van der Waals surface area contributed by atoms with Crippen LogP contribution in [0.1, 0.15) is 36.3 Å². The van der Waals surface area contributed by atoms with Crippen LogP contribution in [0.25, 0.3) is 0 Å². The number of carbonyl (C=O) groups excluding carboxylic acids is 1. The third-order valence-corrected chi connectivity index (χ3v) is 4.80. The maximum atomic E-state index is 12.3. The normalized spacial score (nSPS) is 23.6. The summed E-state index contributed by atoms with van der Waals surface area (Å²) in [4.78, 5) is 21.3. The molecule has 1 aliphatic rings. The van der Waals surface area contributed by atoms with Gasteiger partial charge in [-0.3, -0.25) is 14.5 Å². The molecule has 2 aromatic heterocycles. The lowest BCUT2D eigenvalue weighted by Gasteiger charge is -2.32. The molecule has 1 amide bonds. The van der Waals surface area contributed by atoms with Crippen molar-refractivity contribution in [1.82, 2.24) is 14.8 Å². The van der Waals surface area contributed by atoms with Crippen molar-refractivity contribution in [1.29, 1.82) is 0 Å². The highest BCUT2D eigenvalue weighted by atomic mass is 32.2. The molecule has 24 heavy (non-hydrogen) atoms. The fourth-order valence-electron chi connectivity index (χ4n) is 2.83. The number of pyridine rings is 1. The molecular formula is C16H20N6OS. The molecular weight excluding hydrogens is 324 g/mol. The van der Waals surface area contributed by atoms with Gasteiger partial charge in [-0.05, 0) is 25.5 Å². The number of nitrogens with two attached hydrogens (primary N) is 1. The number of nitrogens with zero attached hydrogens (tertiary/aromatic N) is 4. The number of amidine groups is 1. The molecule has 3 N–H and O–H groups in total. The minimum Gasteiger partial charge on any atom is -0.379 e. The average Bonchev–Trinajstić information content (AvgIpc) is 2.93. The van der Waals surface area contributed by atoms with E-state index in [-0.39, 0.29) is 5.91 Å². The zero-order chi connectivity index (χ0) is 17.3. The number of aryl methyl sites for hydroxylation is 1. The molecule has 2 aromatic rings. The number of hydrogen-bond acceptors (Lipinski definition) is 6. The van der Waals surface area contributed by atoms with Crippen LogP contribution >= 0.6 is 11.8 Å². The molecule has 126 valence electrons. The summed E-state index contributed by atoms with van der Waals surface area (Å²) in [6.07, 6.45) is 5.72. The van der Waals surface area contributed by atoms with Crippen LogP contribution in [0, 0.1) is 0 Å². The Balaban J connectivity index is 1.84. The van der Waals surface area contributed by atoms with Crippen LogP contribution in [0.2, 0.25) is 0 Å². The van der Waals surface area contributed by atoms with Gasteiger partial charge >= 0.3 is 0 Å². The molecule has 0 fully saturated rings. The first-order valence-electron chi connectivity index (χ1n) is 7.64. The van der Waals surface area contributed by atoms with Gasteiger partial charge in [-0.2, -0.15) is 5.10 Å². The van der Waals surface area contributed by atoms with Crippen molar-refractivity contribution < 1.29 is 4.79 Å². The second kappa shape index (κ2) is 6.27. The van der Waals surface area contributed by atoms with Crippen LogP contribution in [0.5, 0.6) is 0 Å². The first kappa shape index (κ1) is 16.5. The van der Waals surface area contributed by atoms with Crippen molar-refractivity contribution in [3.63, 3.8) is 0 Å². The number of rotatable bonds is 3. The molecule has 0 aromatic carbocycles. The summed E-state index contributed by atoms with van der Waals surface area (Å²) in [6.45, 7) is 4.14. The fourth-order valence-corrected chi connectivity index (χ4v) is 3.90. The van der Waals surface area contributed by atoms with Crippen molar-refractivity contribution in [2.24, 2.45) is 17.8 Å². The van der Waals surface area contributed by atoms with Crippen LogP contribution in [-0.2, 0) is 12.6 Å². The number of carbonyl (C=O) groups is 1. The SMILES string of the molecule is C[C@@H]1C[C@@](C)(c2cc(NC(=O)c3cnn(C)c3)ccn2)N=C(N)S1. The number of thioether (sulfide) groups is 1. The Kier molecular flexibility index (Phi) is 4.31. The summed E-state index contributed by atoms with van der Waals surface area (Å²) in [5.41, 5.74) is 7.43. The quantitative estimate of drug-likeness (QED) is 0.889. The molecule has 3 heterocycles. The minimum atomic E-state index is -0.482. The standard InChI is InChI=1S/C16H20N6OS/c1-10-7-16(2,21-15(17)24-10)13-6-12(4-5-18-13)20-14(23)11-8-19-22(3)9-11/h4-6,8-10H,7H2,1-3H3,(H2,17,21)(H,18,20,23)/t10-,16+/m1/s1. The molecule has 0 aliphatic carbocycles. The average molecular weight is 344 g/mol. The number of aliphatic imine (C=N–C) groups is 1. The Morgan fingerprint density at radius 3 is 3.00 bits per heavy atom. The van der Waals surface area contributed by atoms with E-state index in [1.54, 1.807) is 42.0 Å². The maximum absolute atomic E-state index is 12.3. The fraction of sp³-hybridized carbons (Fsp3) is 0.375. The molecule has 0 spiro atoms. The van der Waals surface area contributed by atoms with E-state index in [1.807, 2.05) is 13.0 Å². The third kappa shape index (κ3) is 3.43. The zero-order valence-corrected chi connectivity index (χ0v) is 14.7. The number of hydrogen-bond donors (Lipinski definition) is 2. The lowest BCUT2D eigenvalue weighted by molar-refractivity contribution is 0.102. The Morgan fingerprint density at radius 2 is 2.33 bits per heavy atom. The van der Waals surface area contributed by atoms with Crippen LogP contribution in [0.3, 0.4) is 0 Å². The largest absolute Gasteiger partial charge is 0.379 e. The molecule has 7 nitrogen and oxygen atoms in total. The van der Waals surface area contributed by atoms with Crippen molar-refractivity contribution in [3.05, 3.63) is 42.0 Å². The van der Waals surface area contributed by atoms with Gasteiger partial charge in [-0.1, -0.05) is 18.7 Å². The molecule has 2 atom stereocenters. The van der Waals surface area contributed by atoms with Crippen LogP contribution in [0.15, 0.2) is 35.7 Å². The summed E-state index contributed by atoms with van der Waals surface area (Å²) in [5, 5.41) is 7.82. The lowest BCUT2D eigenvalue weighted by atomic mass is 9.91. The maximum Gasteiger partial charge on any atom is 0.258 e. The lowest BCUT2D eigenvalue weighted by Crippen LogP contribution is -2.33. The van der Waals surface area contributed by atoms with Crippen LogP contribution in [0.4, 0.5) is 5.69 Å². The van der Waals surface area contributed by atoms with Crippen molar-refractivity contribution in [3.8, 4) is 0 Å². The molecule has 0 unspecified atom stereocenters. The van der Waals surface area contributed by atoms with Gasteiger partial charge in [0.1, 0.15) is 5.54 Å². The predicted molar refractivity (Wildman–Crippen MR) is 96.0 cm³/mol. The van der Waals surface area contributed by atoms with Gasteiger partial charge in [0.25, 0.3) is 5.91 Å². The number of anilines is 1. The van der Waals surface area contributed by atoms with Crippen LogP contribution < -0.4 is 11.1 Å². The van der Waals surface area contributed by atoms with Gasteiger partial charge in [0, 0.05) is 30.4 Å². The predicted octanol–water partition coefficient (Wildman–Crippen LogP) is 2.12. The smallest absolute Gasteiger partial charge is 0.258 e. The van der Waals surface area contributed by atoms with E-state index >= 15 is 0 Å². The van der Waals surface area contributed by atoms with E-state index in [2.05, 4.69) is 27.3 Å². The highest BCUT2D eigenvalue weighted by molar-refractivity contribution is 8.14. The molecule has 0 bridgehead atoms. The van der Waals surface area contributed by atoms with Crippen molar-refractivity contribution in [2.45, 2.75) is 31.1 Å². The first-order chi connectivity index (χ1) is 11.4. The first-order valence-corrected chi connectivity index (χ1v) is 8.52. The molecule has 0 radical (unpaired) electrons. The van der Waals surface area contributed by atoms with E-state index in [0.717, 1.165) is 12.1 Å². The molecule has 0 saturated carbocycles. The van der Waals surface area contributed by atoms with Gasteiger partial charge in [0.15, 0.2) is 5.17 Å². The number of amides is 1. The van der Waals surface area contributed by atoms with Gasteiger partial charge in [0.2, 0.25) is 0 Å². The Labute approximate surface area is 144 Å². The molecule has 8 heteroatoms. The van der Waals surface area contributed by atoms with E-state index in [1.165, 1.54) is 6.20 Å². The number of nitrogens with one attached hydrogen (secondary N) is 1. The second-order valence-electron chi connectivity index (χ2n) is 6.14. The minimum absolute atomic E-state index is 0.207. The summed E-state index contributed by atoms with van der Waals surface area (Å²) in [7, 11) is 1.77. The van der Waals surface area contributed by atoms with Gasteiger partial charge in [-0.25, -0.2) is 4.99 Å². The van der Waals surface area contributed by atoms with Gasteiger partial charge in [0.05, 0.1) is 17.5 Å². The monoisotopic (exact) mass is 344 g/mol. The summed E-state index contributed by atoms with van der Waals surface area (Å²) >= 11 is 1.57. The van der Waals surface area contributed by atoms with E-state index < -0.39 is 5.54 Å². The summed E-state index contributed by atoms with van der Waals surface area (Å²) in [6, 6.07) is 3.61. The van der Waals surface area contributed by atoms with Crippen LogP contribution in [-0.4, -0.2) is 31.1 Å². The molecule has 0 saturated heterocycles. The molecule has 3 rings (SSSR count). The van der Waals surface area contributed by atoms with Gasteiger partial charge in [-0.15, -0.1) is 0 Å². The Hall–Kier alpha value is -2.35. The summed E-state index contributed by atoms with van der Waals surface area (Å²) < 4.78 is 1.59. The molecule has 1 aliphatic heterocycles. The van der Waals surface area contributed by atoms with E-state index in [4.69, 9.17) is 5.73 Å². The second-order valence-corrected chi connectivity index (χ2v) is 7.60. The highest BCUT2D eigenvalue weighted by Crippen LogP contribution is 2.38. The summed E-state index contributed by atoms with van der Waals surface area (Å²) in [5.74, 6) is -0.207. The van der Waals surface area contributed by atoms with E-state index in [0.29, 0.717) is 21.7 Å². The highest BCUT2D eigenvalue weighted by Gasteiger charge is 2.34. The Bertz CT molecular complexity index is 801. The van der Waals surface area contributed by atoms with Crippen molar-refractivity contribution in [2.75, 3.05) is 5.32 Å². The Morgan fingerprint density at radius 1 is 1.54 bits per heavy atom. The number of aromatic nitrogens is 3. The topological polar surface area (TPSA) is 98.2 Å². The van der Waals surface area contributed by atoms with E-state index in [9.17, 15) is 4.79 Å². The third-order valence-electron chi connectivity index (χ3n) is 3.90. The van der Waals surface area contributed by atoms with Crippen molar-refractivity contribution >= 4 is 28.5 Å².